The van der Waals surface area contributed by atoms with Gasteiger partial charge >= 0.3 is 0 Å². The zero-order valence-corrected chi connectivity index (χ0v) is 11.7. The first kappa shape index (κ1) is 13.3. The fourth-order valence-electron chi connectivity index (χ4n) is 2.54. The lowest BCUT2D eigenvalue weighted by molar-refractivity contribution is 0.826. The monoisotopic (exact) mass is 276 g/mol. The molecule has 0 amide bonds. The highest BCUT2D eigenvalue weighted by molar-refractivity contribution is 5.81. The number of rotatable bonds is 4. The van der Waals surface area contributed by atoms with Gasteiger partial charge in [-0.25, -0.2) is 4.98 Å². The summed E-state index contributed by atoms with van der Waals surface area (Å²) in [4.78, 5) is 4.11. The lowest BCUT2D eigenvalue weighted by Crippen LogP contribution is -2.04. The Morgan fingerprint density at radius 3 is 2.95 bits per heavy atom. The molecule has 2 N–H and O–H groups in total. The van der Waals surface area contributed by atoms with Gasteiger partial charge in [0.2, 0.25) is 0 Å². The molecule has 4 heteroatoms. The third-order valence-corrected chi connectivity index (χ3v) is 3.61. The lowest BCUT2D eigenvalue weighted by atomic mass is 10.1. The van der Waals surface area contributed by atoms with E-state index in [0.29, 0.717) is 18.8 Å². The summed E-state index contributed by atoms with van der Waals surface area (Å²) in [5.41, 5.74) is 9.44. The molecule has 0 aliphatic heterocycles. The van der Waals surface area contributed by atoms with Crippen molar-refractivity contribution in [2.24, 2.45) is 5.73 Å². The third kappa shape index (κ3) is 2.64. The van der Waals surface area contributed by atoms with E-state index < -0.39 is 0 Å². The van der Waals surface area contributed by atoms with Crippen molar-refractivity contribution in [3.8, 4) is 6.07 Å². The smallest absolute Gasteiger partial charge is 0.145 e. The first-order valence-electron chi connectivity index (χ1n) is 6.93. The van der Waals surface area contributed by atoms with E-state index in [-0.39, 0.29) is 0 Å². The summed E-state index contributed by atoms with van der Waals surface area (Å²) in [6, 6.07) is 14.4. The summed E-state index contributed by atoms with van der Waals surface area (Å²) >= 11 is 0. The average molecular weight is 276 g/mol. The summed E-state index contributed by atoms with van der Waals surface area (Å²) < 4.78 is 2.15. The highest BCUT2D eigenvalue weighted by Gasteiger charge is 2.06. The Balaban J connectivity index is 2.00. The van der Waals surface area contributed by atoms with Crippen LogP contribution in [0.4, 0.5) is 0 Å². The van der Waals surface area contributed by atoms with Crippen LogP contribution in [-0.2, 0) is 13.0 Å². The molecule has 0 unspecified atom stereocenters. The van der Waals surface area contributed by atoms with Crippen LogP contribution in [0.5, 0.6) is 0 Å². The molecule has 104 valence electrons. The molecule has 0 radical (unpaired) electrons. The van der Waals surface area contributed by atoms with Gasteiger partial charge in [-0.3, -0.25) is 0 Å². The first-order chi connectivity index (χ1) is 10.3. The van der Waals surface area contributed by atoms with Crippen molar-refractivity contribution >= 4 is 10.9 Å². The number of pyridine rings is 1. The second kappa shape index (κ2) is 5.78. The van der Waals surface area contributed by atoms with Crippen LogP contribution in [0.2, 0.25) is 0 Å². The molecule has 3 rings (SSSR count). The molecule has 21 heavy (non-hydrogen) atoms. The number of hydrogen-bond donors (Lipinski definition) is 1. The molecule has 3 aromatic rings. The number of benzene rings is 1. The second-order valence-electron chi connectivity index (χ2n) is 5.00. The maximum absolute atomic E-state index is 9.14. The average Bonchev–Trinajstić information content (AvgIpc) is 2.91. The van der Waals surface area contributed by atoms with Gasteiger partial charge in [-0.15, -0.1) is 0 Å². The minimum atomic E-state index is 0.484. The van der Waals surface area contributed by atoms with Gasteiger partial charge in [0.15, 0.2) is 0 Å². The Morgan fingerprint density at radius 2 is 2.14 bits per heavy atom. The van der Waals surface area contributed by atoms with E-state index in [1.807, 2.05) is 18.3 Å². The fourth-order valence-corrected chi connectivity index (χ4v) is 2.54. The molecule has 0 aliphatic rings. The molecule has 1 aromatic carbocycles. The number of nitriles is 1. The highest BCUT2D eigenvalue weighted by Crippen LogP contribution is 2.20. The summed E-state index contributed by atoms with van der Waals surface area (Å²) in [5.74, 6) is 0. The topological polar surface area (TPSA) is 67.6 Å². The number of hydrogen-bond acceptors (Lipinski definition) is 3. The minimum Gasteiger partial charge on any atom is -0.343 e. The van der Waals surface area contributed by atoms with Crippen LogP contribution in [-0.4, -0.2) is 16.1 Å². The molecule has 4 nitrogen and oxygen atoms in total. The van der Waals surface area contributed by atoms with Gasteiger partial charge < -0.3 is 10.3 Å². The van der Waals surface area contributed by atoms with Gasteiger partial charge in [0.25, 0.3) is 0 Å². The number of aromatic nitrogens is 2. The summed E-state index contributed by atoms with van der Waals surface area (Å²) in [6.45, 7) is 1.29. The molecule has 0 saturated carbocycles. The summed E-state index contributed by atoms with van der Waals surface area (Å²) in [5, 5.41) is 10.3. The van der Waals surface area contributed by atoms with Crippen LogP contribution in [0.1, 0.15) is 16.8 Å². The third-order valence-electron chi connectivity index (χ3n) is 3.61. The molecule has 0 bridgehead atoms. The molecular formula is C17H16N4. The van der Waals surface area contributed by atoms with E-state index in [2.05, 4.69) is 39.9 Å². The molecule has 2 heterocycles. The lowest BCUT2D eigenvalue weighted by Gasteiger charge is -2.08. The van der Waals surface area contributed by atoms with Crippen LogP contribution >= 0.6 is 0 Å². The normalized spacial score (nSPS) is 10.7. The van der Waals surface area contributed by atoms with Crippen LogP contribution in [0.15, 0.2) is 48.8 Å². The second-order valence-corrected chi connectivity index (χ2v) is 5.00. The van der Waals surface area contributed by atoms with Gasteiger partial charge in [0.1, 0.15) is 11.8 Å². The molecule has 0 spiro atoms. The zero-order valence-electron chi connectivity index (χ0n) is 11.7. The van der Waals surface area contributed by atoms with Crippen LogP contribution in [0, 0.1) is 11.3 Å². The Labute approximate surface area is 123 Å². The largest absolute Gasteiger partial charge is 0.343 e. The minimum absolute atomic E-state index is 0.484. The Morgan fingerprint density at radius 1 is 1.24 bits per heavy atom. The van der Waals surface area contributed by atoms with E-state index in [9.17, 15) is 0 Å². The van der Waals surface area contributed by atoms with Crippen molar-refractivity contribution in [2.75, 3.05) is 6.54 Å². The van der Waals surface area contributed by atoms with Gasteiger partial charge in [0, 0.05) is 23.5 Å². The fraction of sp³-hybridized carbons (Fsp3) is 0.176. The van der Waals surface area contributed by atoms with E-state index in [0.717, 1.165) is 17.5 Å². The maximum atomic E-state index is 9.14. The van der Waals surface area contributed by atoms with E-state index >= 15 is 0 Å². The molecule has 0 fully saturated rings. The van der Waals surface area contributed by atoms with Gasteiger partial charge in [-0.05, 0) is 42.1 Å². The van der Waals surface area contributed by atoms with Crippen molar-refractivity contribution in [1.82, 2.24) is 9.55 Å². The van der Waals surface area contributed by atoms with E-state index in [1.165, 1.54) is 10.9 Å². The van der Waals surface area contributed by atoms with Crippen LogP contribution in [0.25, 0.3) is 10.9 Å². The molecule has 0 saturated heterocycles. The maximum Gasteiger partial charge on any atom is 0.145 e. The Kier molecular flexibility index (Phi) is 3.67. The van der Waals surface area contributed by atoms with Crippen molar-refractivity contribution in [3.05, 3.63) is 65.6 Å². The molecular weight excluding hydrogens is 260 g/mol. The molecule has 2 aromatic heterocycles. The van der Waals surface area contributed by atoms with Crippen molar-refractivity contribution < 1.29 is 0 Å². The first-order valence-corrected chi connectivity index (χ1v) is 6.93. The Hall–Kier alpha value is -2.64. The van der Waals surface area contributed by atoms with E-state index in [4.69, 9.17) is 11.0 Å². The summed E-state index contributed by atoms with van der Waals surface area (Å²) in [6.07, 6.45) is 4.57. The van der Waals surface area contributed by atoms with Crippen molar-refractivity contribution in [1.29, 1.82) is 5.26 Å². The van der Waals surface area contributed by atoms with Gasteiger partial charge in [-0.1, -0.05) is 18.2 Å². The molecule has 0 aliphatic carbocycles. The number of nitrogens with zero attached hydrogens (tertiary/aromatic N) is 3. The SMILES string of the molecule is N#Cc1ncccc1Cn1ccc2ccc(CCN)cc21. The zero-order chi connectivity index (χ0) is 14.7. The van der Waals surface area contributed by atoms with Crippen LogP contribution in [0.3, 0.4) is 0 Å². The number of nitrogens with two attached hydrogens (primary N) is 1. The van der Waals surface area contributed by atoms with E-state index in [1.54, 1.807) is 6.20 Å². The Bertz CT molecular complexity index is 811. The predicted octanol–water partition coefficient (Wildman–Crippen LogP) is 2.46. The highest BCUT2D eigenvalue weighted by atomic mass is 15.0. The van der Waals surface area contributed by atoms with Crippen molar-refractivity contribution in [3.63, 3.8) is 0 Å². The molecule has 0 atom stereocenters. The quantitative estimate of drug-likeness (QED) is 0.796. The van der Waals surface area contributed by atoms with Gasteiger partial charge in [0.05, 0.1) is 6.54 Å². The predicted molar refractivity (Wildman–Crippen MR) is 82.8 cm³/mol. The van der Waals surface area contributed by atoms with Gasteiger partial charge in [-0.2, -0.15) is 5.26 Å². The van der Waals surface area contributed by atoms with Crippen molar-refractivity contribution in [2.45, 2.75) is 13.0 Å². The number of fused-ring (bicyclic) bond motifs is 1. The van der Waals surface area contributed by atoms with Crippen LogP contribution < -0.4 is 5.73 Å². The standard InChI is InChI=1S/C17H16N4/c18-7-5-13-3-4-14-6-9-21(17(14)10-13)12-15-2-1-8-20-16(15)11-19/h1-4,6,8-10H,5,7,12,18H2. The summed E-state index contributed by atoms with van der Waals surface area (Å²) in [7, 11) is 0.